The summed E-state index contributed by atoms with van der Waals surface area (Å²) in [7, 11) is -3.33. The van der Waals surface area contributed by atoms with Crippen molar-refractivity contribution in [3.8, 4) is 0 Å². The molecule has 0 aliphatic carbocycles. The highest BCUT2D eigenvalue weighted by molar-refractivity contribution is 7.90. The SMILES string of the molecule is Cc1cnc(C(=O)N2CC[C@@H]3CN(CCc4ccccc4)S(=O)(=O)[C@@H]3CC2)cn1. The van der Waals surface area contributed by atoms with Crippen LogP contribution < -0.4 is 0 Å². The second-order valence-corrected chi connectivity index (χ2v) is 10.0. The predicted molar refractivity (Wildman–Crippen MR) is 110 cm³/mol. The summed E-state index contributed by atoms with van der Waals surface area (Å²) >= 11 is 0. The van der Waals surface area contributed by atoms with E-state index in [9.17, 15) is 13.2 Å². The smallest absolute Gasteiger partial charge is 0.274 e. The minimum atomic E-state index is -3.33. The number of hydrogen-bond donors (Lipinski definition) is 0. The molecule has 0 N–H and O–H groups in total. The molecule has 2 aliphatic heterocycles. The minimum Gasteiger partial charge on any atom is -0.337 e. The monoisotopic (exact) mass is 414 g/mol. The first-order valence-electron chi connectivity index (χ1n) is 10.1. The molecule has 29 heavy (non-hydrogen) atoms. The Morgan fingerprint density at radius 3 is 2.59 bits per heavy atom. The summed E-state index contributed by atoms with van der Waals surface area (Å²) in [5.74, 6) is -0.103. The van der Waals surface area contributed by atoms with Crippen LogP contribution in [-0.4, -0.2) is 64.9 Å². The van der Waals surface area contributed by atoms with E-state index < -0.39 is 15.3 Å². The summed E-state index contributed by atoms with van der Waals surface area (Å²) in [6, 6.07) is 9.96. The number of carbonyl (C=O) groups excluding carboxylic acids is 1. The Bertz CT molecular complexity index is 963. The van der Waals surface area contributed by atoms with Gasteiger partial charge in [0.25, 0.3) is 5.91 Å². The highest BCUT2D eigenvalue weighted by atomic mass is 32.2. The Balaban J connectivity index is 1.40. The number of hydrogen-bond acceptors (Lipinski definition) is 5. The molecule has 2 saturated heterocycles. The average Bonchev–Trinajstić information content (AvgIpc) is 2.86. The van der Waals surface area contributed by atoms with Crippen LogP contribution in [0, 0.1) is 12.8 Å². The molecular formula is C21H26N4O3S. The molecule has 1 amide bonds. The van der Waals surface area contributed by atoms with Gasteiger partial charge in [-0.3, -0.25) is 9.78 Å². The fourth-order valence-electron chi connectivity index (χ4n) is 4.28. The molecular weight excluding hydrogens is 388 g/mol. The summed E-state index contributed by atoms with van der Waals surface area (Å²) in [6.07, 6.45) is 4.95. The molecule has 7 nitrogen and oxygen atoms in total. The van der Waals surface area contributed by atoms with E-state index in [0.29, 0.717) is 44.7 Å². The number of likely N-dealkylation sites (tertiary alicyclic amines) is 1. The van der Waals surface area contributed by atoms with Gasteiger partial charge in [0.05, 0.1) is 17.1 Å². The van der Waals surface area contributed by atoms with E-state index in [1.54, 1.807) is 15.4 Å². The van der Waals surface area contributed by atoms with E-state index in [2.05, 4.69) is 9.97 Å². The molecule has 2 fully saturated rings. The lowest BCUT2D eigenvalue weighted by atomic mass is 10.0. The zero-order valence-electron chi connectivity index (χ0n) is 16.6. The normalized spacial score (nSPS) is 24.1. The lowest BCUT2D eigenvalue weighted by molar-refractivity contribution is 0.0752. The van der Waals surface area contributed by atoms with Crippen molar-refractivity contribution in [3.05, 3.63) is 59.7 Å². The molecule has 0 saturated carbocycles. The molecule has 0 bridgehead atoms. The Labute approximate surface area is 171 Å². The van der Waals surface area contributed by atoms with Crippen molar-refractivity contribution < 1.29 is 13.2 Å². The van der Waals surface area contributed by atoms with Gasteiger partial charge in [0.15, 0.2) is 0 Å². The summed E-state index contributed by atoms with van der Waals surface area (Å²) in [5, 5.41) is -0.403. The number of nitrogens with zero attached hydrogens (tertiary/aromatic N) is 4. The second-order valence-electron chi connectivity index (χ2n) is 7.85. The van der Waals surface area contributed by atoms with Crippen molar-refractivity contribution in [2.24, 2.45) is 5.92 Å². The van der Waals surface area contributed by atoms with Gasteiger partial charge >= 0.3 is 0 Å². The van der Waals surface area contributed by atoms with Crippen LogP contribution in [0.5, 0.6) is 0 Å². The van der Waals surface area contributed by atoms with Crippen LogP contribution in [0.1, 0.15) is 34.6 Å². The third kappa shape index (κ3) is 4.18. The Kier molecular flexibility index (Phi) is 5.65. The number of fused-ring (bicyclic) bond motifs is 1. The molecule has 0 spiro atoms. The molecule has 2 aromatic rings. The Morgan fingerprint density at radius 1 is 1.10 bits per heavy atom. The van der Waals surface area contributed by atoms with Crippen molar-refractivity contribution in [2.45, 2.75) is 31.4 Å². The lowest BCUT2D eigenvalue weighted by Crippen LogP contribution is -2.35. The molecule has 1 aromatic carbocycles. The first kappa shape index (κ1) is 20.0. The number of benzene rings is 1. The molecule has 1 aromatic heterocycles. The van der Waals surface area contributed by atoms with E-state index in [1.165, 1.54) is 6.20 Å². The Morgan fingerprint density at radius 2 is 1.86 bits per heavy atom. The summed E-state index contributed by atoms with van der Waals surface area (Å²) in [6.45, 7) is 3.87. The zero-order chi connectivity index (χ0) is 20.4. The quantitative estimate of drug-likeness (QED) is 0.763. The van der Waals surface area contributed by atoms with Crippen molar-refractivity contribution in [1.29, 1.82) is 0 Å². The summed E-state index contributed by atoms with van der Waals surface area (Å²) in [4.78, 5) is 22.8. The number of aromatic nitrogens is 2. The van der Waals surface area contributed by atoms with E-state index in [4.69, 9.17) is 0 Å². The van der Waals surface area contributed by atoms with Crippen molar-refractivity contribution >= 4 is 15.9 Å². The number of carbonyl (C=O) groups is 1. The van der Waals surface area contributed by atoms with Gasteiger partial charge < -0.3 is 4.90 Å². The summed E-state index contributed by atoms with van der Waals surface area (Å²) in [5.41, 5.74) is 2.22. The minimum absolute atomic E-state index is 0.0673. The van der Waals surface area contributed by atoms with Crippen LogP contribution >= 0.6 is 0 Å². The van der Waals surface area contributed by atoms with Crippen molar-refractivity contribution in [1.82, 2.24) is 19.2 Å². The fraction of sp³-hybridized carbons (Fsp3) is 0.476. The van der Waals surface area contributed by atoms with Crippen LogP contribution in [0.2, 0.25) is 0 Å². The van der Waals surface area contributed by atoms with Gasteiger partial charge in [-0.25, -0.2) is 17.7 Å². The van der Waals surface area contributed by atoms with E-state index in [-0.39, 0.29) is 11.8 Å². The molecule has 3 heterocycles. The highest BCUT2D eigenvalue weighted by Gasteiger charge is 2.47. The van der Waals surface area contributed by atoms with Gasteiger partial charge in [-0.15, -0.1) is 0 Å². The first-order chi connectivity index (χ1) is 13.9. The number of sulfonamides is 1. The van der Waals surface area contributed by atoms with Crippen LogP contribution in [-0.2, 0) is 16.4 Å². The van der Waals surface area contributed by atoms with Gasteiger partial charge in [-0.2, -0.15) is 0 Å². The first-order valence-corrected chi connectivity index (χ1v) is 11.6. The third-order valence-electron chi connectivity index (χ3n) is 5.94. The van der Waals surface area contributed by atoms with Crippen LogP contribution in [0.4, 0.5) is 0 Å². The van der Waals surface area contributed by atoms with Gasteiger partial charge in [0.1, 0.15) is 5.69 Å². The second kappa shape index (κ2) is 8.20. The standard InChI is InChI=1S/C21H26N4O3S/c1-16-13-23-19(14-22-16)21(26)24-10-8-18-15-25(29(27,28)20(18)9-11-24)12-7-17-5-3-2-4-6-17/h2-6,13-14,18,20H,7-12,15H2,1H3/t18-,20-/m1/s1. The van der Waals surface area contributed by atoms with Gasteiger partial charge in [0, 0.05) is 32.4 Å². The molecule has 0 unspecified atom stereocenters. The third-order valence-corrected chi connectivity index (χ3v) is 8.38. The molecule has 154 valence electrons. The maximum Gasteiger partial charge on any atom is 0.274 e. The topological polar surface area (TPSA) is 83.5 Å². The number of rotatable bonds is 4. The lowest BCUT2D eigenvalue weighted by Gasteiger charge is -2.22. The molecule has 8 heteroatoms. The number of aryl methyl sites for hydroxylation is 1. The van der Waals surface area contributed by atoms with Gasteiger partial charge in [0.2, 0.25) is 10.0 Å². The van der Waals surface area contributed by atoms with Gasteiger partial charge in [-0.1, -0.05) is 30.3 Å². The maximum absolute atomic E-state index is 13.1. The van der Waals surface area contributed by atoms with Crippen LogP contribution in [0.15, 0.2) is 42.7 Å². The van der Waals surface area contributed by atoms with E-state index in [1.807, 2.05) is 37.3 Å². The van der Waals surface area contributed by atoms with E-state index in [0.717, 1.165) is 17.7 Å². The van der Waals surface area contributed by atoms with E-state index >= 15 is 0 Å². The summed E-state index contributed by atoms with van der Waals surface area (Å²) < 4.78 is 27.8. The average molecular weight is 415 g/mol. The maximum atomic E-state index is 13.1. The van der Waals surface area contributed by atoms with Gasteiger partial charge in [-0.05, 0) is 37.7 Å². The molecule has 2 aliphatic rings. The fourth-order valence-corrected chi connectivity index (χ4v) is 6.52. The number of amides is 1. The van der Waals surface area contributed by atoms with Crippen molar-refractivity contribution in [2.75, 3.05) is 26.2 Å². The largest absolute Gasteiger partial charge is 0.337 e. The molecule has 4 rings (SSSR count). The van der Waals surface area contributed by atoms with Crippen LogP contribution in [0.3, 0.4) is 0 Å². The molecule has 0 radical (unpaired) electrons. The Hall–Kier alpha value is -2.32. The molecule has 2 atom stereocenters. The highest BCUT2D eigenvalue weighted by Crippen LogP contribution is 2.34. The predicted octanol–water partition coefficient (Wildman–Crippen LogP) is 1.89. The van der Waals surface area contributed by atoms with Crippen LogP contribution in [0.25, 0.3) is 0 Å². The zero-order valence-corrected chi connectivity index (χ0v) is 17.4. The van der Waals surface area contributed by atoms with Crippen molar-refractivity contribution in [3.63, 3.8) is 0 Å².